The Morgan fingerprint density at radius 1 is 0.941 bits per heavy atom. The molecule has 3 aliphatic rings. The lowest BCUT2D eigenvalue weighted by Crippen LogP contribution is -2.41. The van der Waals surface area contributed by atoms with E-state index in [4.69, 9.17) is 18.2 Å². The number of amides is 2. The van der Waals surface area contributed by atoms with Gasteiger partial charge in [-0.05, 0) is 67.8 Å². The molecule has 22 nitrogen and oxygen atoms in total. The molecule has 0 saturated carbocycles. The number of fused-ring (bicyclic) bond motifs is 2. The van der Waals surface area contributed by atoms with E-state index < -0.39 is 61.9 Å². The number of phenols is 1. The molecule has 4 heterocycles. The van der Waals surface area contributed by atoms with Crippen LogP contribution in [-0.2, 0) is 29.7 Å². The third-order valence-corrected chi connectivity index (χ3v) is 12.9. The zero-order valence-corrected chi connectivity index (χ0v) is 37.8. The van der Waals surface area contributed by atoms with Gasteiger partial charge in [0.05, 0.1) is 29.8 Å². The Labute approximate surface area is 388 Å². The molecule has 2 aliphatic heterocycles. The van der Waals surface area contributed by atoms with Gasteiger partial charge in [0.15, 0.2) is 11.3 Å². The molecule has 24 heteroatoms. The zero-order chi connectivity index (χ0) is 48.9. The maximum atomic E-state index is 13.2. The molecular formula is C44H46N5O17PS. The van der Waals surface area contributed by atoms with Gasteiger partial charge >= 0.3 is 19.5 Å². The number of aromatic carboxylic acids is 1. The Morgan fingerprint density at radius 3 is 2.50 bits per heavy atom. The van der Waals surface area contributed by atoms with Crippen LogP contribution in [0.4, 0.5) is 0 Å². The number of unbranched alkanes of at least 4 members (excludes halogenated alkanes) is 3. The van der Waals surface area contributed by atoms with Crippen LogP contribution in [0, 0.1) is 6.92 Å². The van der Waals surface area contributed by atoms with Crippen LogP contribution in [0.25, 0.3) is 33.4 Å². The van der Waals surface area contributed by atoms with Gasteiger partial charge in [-0.15, -0.1) is 11.8 Å². The fourth-order valence-corrected chi connectivity index (χ4v) is 9.24. The number of aliphatic hydroxyl groups is 1. The number of phenolic OH excluding ortho intramolecular Hbond substituents is 1. The fraction of sp³-hybridized carbons (Fsp3) is 0.318. The lowest BCUT2D eigenvalue weighted by molar-refractivity contribution is -0.122. The summed E-state index contributed by atoms with van der Waals surface area (Å²) in [4.78, 5) is 86.9. The minimum Gasteiger partial charge on any atom is -0.508 e. The fourth-order valence-electron chi connectivity index (χ4n) is 7.57. The topological polar surface area (TPSA) is 331 Å². The van der Waals surface area contributed by atoms with Crippen LogP contribution in [-0.4, -0.2) is 93.5 Å². The van der Waals surface area contributed by atoms with Crippen molar-refractivity contribution in [2.45, 2.75) is 75.3 Å². The number of nitrogens with zero attached hydrogens (tertiary/aromatic N) is 2. The number of aromatic hydroxyl groups is 3. The normalized spacial score (nSPS) is 16.8. The molecule has 360 valence electrons. The van der Waals surface area contributed by atoms with E-state index >= 15 is 0 Å². The first-order valence-corrected chi connectivity index (χ1v) is 23.6. The van der Waals surface area contributed by atoms with E-state index in [1.54, 1.807) is 0 Å². The molecule has 0 bridgehead atoms. The third-order valence-electron chi connectivity index (χ3n) is 11.0. The number of phosphoric ester groups is 1. The lowest BCUT2D eigenvalue weighted by Gasteiger charge is -2.18. The number of carboxylic acid groups (broad SMARTS) is 1. The van der Waals surface area contributed by atoms with Gasteiger partial charge in [0, 0.05) is 77.2 Å². The molecule has 9 N–H and O–H groups in total. The molecule has 7 rings (SSSR count). The molecule has 1 saturated heterocycles. The second-order valence-corrected chi connectivity index (χ2v) is 18.3. The van der Waals surface area contributed by atoms with Gasteiger partial charge < -0.3 is 39.6 Å². The first kappa shape index (κ1) is 49.2. The lowest BCUT2D eigenvalue weighted by atomic mass is 9.89. The summed E-state index contributed by atoms with van der Waals surface area (Å²) in [5.41, 5.74) is 4.19. The average Bonchev–Trinajstić information content (AvgIpc) is 3.80. The maximum absolute atomic E-state index is 13.2. The highest BCUT2D eigenvalue weighted by Gasteiger charge is 2.38. The van der Waals surface area contributed by atoms with E-state index in [1.807, 2.05) is 0 Å². The summed E-state index contributed by atoms with van der Waals surface area (Å²) in [5, 5.41) is 52.2. The van der Waals surface area contributed by atoms with Crippen LogP contribution < -0.4 is 27.5 Å². The van der Waals surface area contributed by atoms with E-state index in [0.29, 0.717) is 42.2 Å². The van der Waals surface area contributed by atoms with Gasteiger partial charge in [0.1, 0.15) is 29.4 Å². The predicted molar refractivity (Wildman–Crippen MR) is 243 cm³/mol. The minimum atomic E-state index is -4.62. The van der Waals surface area contributed by atoms with Crippen molar-refractivity contribution in [2.24, 2.45) is 0 Å². The number of aromatic amines is 1. The maximum Gasteiger partial charge on any atom is 0.472 e. The quantitative estimate of drug-likeness (QED) is 0.0179. The number of hydrogen-bond acceptors (Lipinski definition) is 16. The molecular weight excluding hydrogens is 934 g/mol. The summed E-state index contributed by atoms with van der Waals surface area (Å²) in [6.45, 7) is 0.885. The van der Waals surface area contributed by atoms with Crippen molar-refractivity contribution >= 4 is 48.3 Å². The summed E-state index contributed by atoms with van der Waals surface area (Å²) in [5.74, 6) is -2.86. The van der Waals surface area contributed by atoms with Crippen molar-refractivity contribution in [1.29, 1.82) is 0 Å². The number of nitrogens with one attached hydrogen (secondary N) is 3. The number of carbonyl (C=O) groups excluding carboxylic acids is 2. The molecule has 1 unspecified atom stereocenters. The van der Waals surface area contributed by atoms with Crippen molar-refractivity contribution in [3.05, 3.63) is 115 Å². The van der Waals surface area contributed by atoms with Gasteiger partial charge in [-0.3, -0.25) is 53.2 Å². The SMILES string of the molecule is Cc1cn([C@H]2C[C@@H](O)[C@@H](COP(=O)(O)OCCSc3cc(O)n(CCCCCCC(=O)NNC(=O)c4ccc(C(=O)O)c(-c5c6ccc(=O)cc-6oc6cc(O)ccc56)c4)c3O)O2)c(=O)[nH]c1=O. The molecule has 0 spiro atoms. The van der Waals surface area contributed by atoms with Crippen molar-refractivity contribution in [1.82, 2.24) is 25.0 Å². The summed E-state index contributed by atoms with van der Waals surface area (Å²) in [6.07, 6.45) is 0.268. The number of carbonyl (C=O) groups is 3. The van der Waals surface area contributed by atoms with Crippen LogP contribution in [0.5, 0.6) is 17.5 Å². The number of aliphatic hydroxyl groups excluding tert-OH is 1. The van der Waals surface area contributed by atoms with Crippen LogP contribution in [0.1, 0.15) is 71.0 Å². The number of carboxylic acids is 1. The third kappa shape index (κ3) is 11.5. The van der Waals surface area contributed by atoms with Gasteiger partial charge in [0.2, 0.25) is 11.8 Å². The Kier molecular flexibility index (Phi) is 15.2. The summed E-state index contributed by atoms with van der Waals surface area (Å²) < 4.78 is 36.4. The van der Waals surface area contributed by atoms with E-state index in [2.05, 4.69) is 15.8 Å². The summed E-state index contributed by atoms with van der Waals surface area (Å²) in [6, 6.07) is 13.5. The van der Waals surface area contributed by atoms with E-state index in [9.17, 15) is 63.8 Å². The van der Waals surface area contributed by atoms with Gasteiger partial charge in [-0.2, -0.15) is 0 Å². The number of hydrogen-bond donors (Lipinski definition) is 9. The predicted octanol–water partition coefficient (Wildman–Crippen LogP) is 4.33. The number of ether oxygens (including phenoxy) is 1. The number of H-pyrrole nitrogens is 1. The van der Waals surface area contributed by atoms with Crippen LogP contribution in [0.2, 0.25) is 0 Å². The Bertz CT molecular complexity index is 3070. The average molecular weight is 980 g/mol. The second-order valence-electron chi connectivity index (χ2n) is 15.7. The van der Waals surface area contributed by atoms with Crippen LogP contribution >= 0.6 is 19.6 Å². The van der Waals surface area contributed by atoms with Crippen molar-refractivity contribution in [3.8, 4) is 40.0 Å². The highest BCUT2D eigenvalue weighted by molar-refractivity contribution is 7.99. The van der Waals surface area contributed by atoms with Gasteiger partial charge in [-0.1, -0.05) is 12.8 Å². The molecule has 1 fully saturated rings. The first-order valence-electron chi connectivity index (χ1n) is 21.1. The minimum absolute atomic E-state index is 0.0178. The number of hydrazine groups is 1. The molecule has 4 aromatic rings. The first-order chi connectivity index (χ1) is 32.4. The molecule has 2 aromatic carbocycles. The highest BCUT2D eigenvalue weighted by Crippen LogP contribution is 2.45. The molecule has 1 aliphatic carbocycles. The van der Waals surface area contributed by atoms with Crippen molar-refractivity contribution < 1.29 is 67.6 Å². The van der Waals surface area contributed by atoms with Gasteiger partial charge in [0.25, 0.3) is 11.5 Å². The molecule has 0 radical (unpaired) electrons. The number of aryl methyl sites for hydroxylation is 1. The Balaban J connectivity index is 0.826. The largest absolute Gasteiger partial charge is 0.508 e. The number of thioether (sulfide) groups is 1. The van der Waals surface area contributed by atoms with Crippen LogP contribution in [0.15, 0.2) is 90.6 Å². The van der Waals surface area contributed by atoms with Gasteiger partial charge in [-0.25, -0.2) is 14.2 Å². The van der Waals surface area contributed by atoms with Crippen molar-refractivity contribution in [3.63, 3.8) is 0 Å². The van der Waals surface area contributed by atoms with E-state index in [0.717, 1.165) is 16.3 Å². The highest BCUT2D eigenvalue weighted by atomic mass is 32.2. The number of benzene rings is 3. The molecule has 4 atom stereocenters. The zero-order valence-electron chi connectivity index (χ0n) is 36.1. The number of aromatic nitrogens is 3. The summed E-state index contributed by atoms with van der Waals surface area (Å²) in [7, 11) is -4.62. The van der Waals surface area contributed by atoms with Crippen molar-refractivity contribution in [2.75, 3.05) is 19.0 Å². The smallest absolute Gasteiger partial charge is 0.472 e. The number of phosphoric acid groups is 1. The molecule has 2 amide bonds. The Hall–Kier alpha value is -6.72. The van der Waals surface area contributed by atoms with E-state index in [-0.39, 0.29) is 93.2 Å². The molecule has 68 heavy (non-hydrogen) atoms. The number of rotatable bonds is 19. The van der Waals surface area contributed by atoms with Crippen LogP contribution in [0.3, 0.4) is 0 Å². The monoisotopic (exact) mass is 979 g/mol. The summed E-state index contributed by atoms with van der Waals surface area (Å²) >= 11 is 1.04. The molecule has 2 aromatic heterocycles. The Morgan fingerprint density at radius 2 is 1.72 bits per heavy atom. The second kappa shape index (κ2) is 21.1. The van der Waals surface area contributed by atoms with E-state index in [1.165, 1.54) is 78.4 Å². The standard InChI is InChI=1S/C44H46N5O17PS/c1-23-21-49(44(60)45-40(23)55)38-19-31(52)34(66-38)22-64-67(61,62)63-14-15-68-35-20-37(54)48(42(35)57)13-5-3-2-4-6-36(53)46-47-41(56)24-7-10-27(43(58)59)30(16-24)39-28-11-8-25(50)17-32(28)65-33-18-26(51)9-12-29(33)39/h7-12,16-18,20-21,31,34,38,50,52,54,57H,2-6,13-15,19,22H2,1H3,(H,46,53)(H,47,56)(H,58,59)(H,61,62)(H,45,55,60)/t31-,34-,38-/m1/s1.